The SMILES string of the molecule is CC(C)(C)C(=O)O.COC(=O)C(C)C. The summed E-state index contributed by atoms with van der Waals surface area (Å²) in [5.74, 6) is -0.905. The Bertz CT molecular complexity index is 187. The Morgan fingerprint density at radius 1 is 1.21 bits per heavy atom. The molecule has 4 nitrogen and oxygen atoms in total. The fourth-order valence-corrected chi connectivity index (χ4v) is 0.236. The van der Waals surface area contributed by atoms with Gasteiger partial charge in [-0.1, -0.05) is 13.8 Å². The predicted molar refractivity (Wildman–Crippen MR) is 53.9 cm³/mol. The highest BCUT2D eigenvalue weighted by atomic mass is 16.5. The Hall–Kier alpha value is -1.06. The van der Waals surface area contributed by atoms with Gasteiger partial charge in [-0.25, -0.2) is 0 Å². The fraction of sp³-hybridized carbons (Fsp3) is 0.800. The Balaban J connectivity index is 0. The average Bonchev–Trinajstić information content (AvgIpc) is 2.02. The lowest BCUT2D eigenvalue weighted by atomic mass is 9.98. The van der Waals surface area contributed by atoms with E-state index in [9.17, 15) is 9.59 Å². The molecule has 0 saturated heterocycles. The van der Waals surface area contributed by atoms with Crippen molar-refractivity contribution >= 4 is 11.9 Å². The topological polar surface area (TPSA) is 63.6 Å². The number of hydrogen-bond donors (Lipinski definition) is 1. The van der Waals surface area contributed by atoms with Gasteiger partial charge in [0.05, 0.1) is 18.4 Å². The molecule has 0 amide bonds. The third kappa shape index (κ3) is 9.03. The van der Waals surface area contributed by atoms with E-state index in [-0.39, 0.29) is 11.9 Å². The summed E-state index contributed by atoms with van der Waals surface area (Å²) in [6, 6.07) is 0. The molecule has 0 rings (SSSR count). The first-order valence-electron chi connectivity index (χ1n) is 4.44. The van der Waals surface area contributed by atoms with Crippen LogP contribution in [0.25, 0.3) is 0 Å². The lowest BCUT2D eigenvalue weighted by molar-refractivity contribution is -0.146. The van der Waals surface area contributed by atoms with Crippen LogP contribution in [0.2, 0.25) is 0 Å². The molecule has 0 aromatic carbocycles. The minimum atomic E-state index is -0.757. The molecule has 0 radical (unpaired) electrons. The number of aliphatic carboxylic acids is 1. The fourth-order valence-electron chi connectivity index (χ4n) is 0.236. The van der Waals surface area contributed by atoms with E-state index in [1.165, 1.54) is 7.11 Å². The van der Waals surface area contributed by atoms with Crippen LogP contribution in [0, 0.1) is 11.3 Å². The summed E-state index contributed by atoms with van der Waals surface area (Å²) in [5, 5.41) is 8.25. The number of methoxy groups -OCH3 is 1. The normalized spacial score (nSPS) is 10.2. The zero-order valence-electron chi connectivity index (χ0n) is 9.75. The van der Waals surface area contributed by atoms with Crippen LogP contribution in [0.3, 0.4) is 0 Å². The van der Waals surface area contributed by atoms with Crippen LogP contribution < -0.4 is 0 Å². The van der Waals surface area contributed by atoms with Gasteiger partial charge in [-0.3, -0.25) is 9.59 Å². The van der Waals surface area contributed by atoms with Crippen molar-refractivity contribution in [3.05, 3.63) is 0 Å². The van der Waals surface area contributed by atoms with Crippen LogP contribution in [0.1, 0.15) is 34.6 Å². The molecule has 0 aliphatic rings. The van der Waals surface area contributed by atoms with Gasteiger partial charge in [-0.05, 0) is 20.8 Å². The minimum absolute atomic E-state index is 0.00463. The number of esters is 1. The van der Waals surface area contributed by atoms with Crippen LogP contribution in [0.15, 0.2) is 0 Å². The largest absolute Gasteiger partial charge is 0.481 e. The molecule has 4 heteroatoms. The quantitative estimate of drug-likeness (QED) is 0.663. The van der Waals surface area contributed by atoms with Gasteiger partial charge in [0.25, 0.3) is 0 Å². The van der Waals surface area contributed by atoms with Crippen LogP contribution in [-0.4, -0.2) is 24.2 Å². The van der Waals surface area contributed by atoms with Crippen molar-refractivity contribution in [2.45, 2.75) is 34.6 Å². The zero-order chi connectivity index (χ0) is 11.9. The summed E-state index contributed by atoms with van der Waals surface area (Å²) < 4.78 is 4.37. The molecular formula is C10H20O4. The van der Waals surface area contributed by atoms with E-state index in [1.807, 2.05) is 0 Å². The molecule has 0 atom stereocenters. The average molecular weight is 204 g/mol. The number of rotatable bonds is 1. The van der Waals surface area contributed by atoms with Crippen molar-refractivity contribution in [1.29, 1.82) is 0 Å². The molecule has 0 fully saturated rings. The smallest absolute Gasteiger partial charge is 0.308 e. The number of hydrogen-bond acceptors (Lipinski definition) is 3. The standard InChI is InChI=1S/2C5H10O2/c1-5(2,3)4(6)7;1-4(2)5(6)7-3/h1-3H3,(H,6,7);4H,1-3H3. The highest BCUT2D eigenvalue weighted by molar-refractivity contribution is 5.72. The number of carbonyl (C=O) groups is 2. The lowest BCUT2D eigenvalue weighted by Crippen LogP contribution is -2.18. The molecule has 0 unspecified atom stereocenters. The van der Waals surface area contributed by atoms with Gasteiger partial charge in [0.1, 0.15) is 0 Å². The lowest BCUT2D eigenvalue weighted by Gasteiger charge is -2.08. The summed E-state index contributed by atoms with van der Waals surface area (Å²) in [6.07, 6.45) is 0. The monoisotopic (exact) mass is 204 g/mol. The highest BCUT2D eigenvalue weighted by Crippen LogP contribution is 2.11. The van der Waals surface area contributed by atoms with E-state index in [2.05, 4.69) is 4.74 Å². The molecular weight excluding hydrogens is 184 g/mol. The summed E-state index contributed by atoms with van der Waals surface area (Å²) in [7, 11) is 1.39. The maximum atomic E-state index is 10.3. The van der Waals surface area contributed by atoms with Crippen LogP contribution in [0.5, 0.6) is 0 Å². The molecule has 0 heterocycles. The van der Waals surface area contributed by atoms with Gasteiger partial charge in [-0.2, -0.15) is 0 Å². The first-order chi connectivity index (χ1) is 6.12. The maximum Gasteiger partial charge on any atom is 0.308 e. The molecule has 0 aromatic rings. The summed E-state index contributed by atoms with van der Waals surface area (Å²) in [5.41, 5.74) is -0.583. The second kappa shape index (κ2) is 6.40. The van der Waals surface area contributed by atoms with Gasteiger partial charge < -0.3 is 9.84 Å². The van der Waals surface area contributed by atoms with Crippen LogP contribution >= 0.6 is 0 Å². The number of carboxylic acids is 1. The molecule has 14 heavy (non-hydrogen) atoms. The van der Waals surface area contributed by atoms with Gasteiger partial charge in [0.15, 0.2) is 0 Å². The minimum Gasteiger partial charge on any atom is -0.481 e. The van der Waals surface area contributed by atoms with Crippen molar-refractivity contribution < 1.29 is 19.4 Å². The molecule has 1 N–H and O–H groups in total. The van der Waals surface area contributed by atoms with E-state index < -0.39 is 11.4 Å². The second-order valence-electron chi connectivity index (χ2n) is 4.23. The van der Waals surface area contributed by atoms with Crippen LogP contribution in [-0.2, 0) is 14.3 Å². The summed E-state index contributed by atoms with van der Waals surface area (Å²) in [6.45, 7) is 8.58. The number of ether oxygens (including phenoxy) is 1. The number of carbonyl (C=O) groups excluding carboxylic acids is 1. The van der Waals surface area contributed by atoms with Crippen molar-refractivity contribution in [3.63, 3.8) is 0 Å². The summed E-state index contributed by atoms with van der Waals surface area (Å²) in [4.78, 5) is 20.3. The first-order valence-corrected chi connectivity index (χ1v) is 4.44. The molecule has 84 valence electrons. The van der Waals surface area contributed by atoms with Crippen molar-refractivity contribution in [1.82, 2.24) is 0 Å². The molecule has 0 aliphatic heterocycles. The third-order valence-corrected chi connectivity index (χ3v) is 1.31. The van der Waals surface area contributed by atoms with E-state index >= 15 is 0 Å². The van der Waals surface area contributed by atoms with E-state index in [4.69, 9.17) is 5.11 Å². The molecule has 0 aromatic heterocycles. The van der Waals surface area contributed by atoms with Crippen molar-refractivity contribution in [2.24, 2.45) is 11.3 Å². The Kier molecular flexibility index (Phi) is 7.05. The second-order valence-corrected chi connectivity index (χ2v) is 4.23. The van der Waals surface area contributed by atoms with Gasteiger partial charge >= 0.3 is 11.9 Å². The van der Waals surface area contributed by atoms with Gasteiger partial charge in [0.2, 0.25) is 0 Å². The van der Waals surface area contributed by atoms with E-state index in [1.54, 1.807) is 34.6 Å². The number of carboxylic acid groups (broad SMARTS) is 1. The molecule has 0 bridgehead atoms. The van der Waals surface area contributed by atoms with Gasteiger partial charge in [0, 0.05) is 0 Å². The Labute approximate surface area is 85.3 Å². The maximum absolute atomic E-state index is 10.3. The van der Waals surface area contributed by atoms with Gasteiger partial charge in [-0.15, -0.1) is 0 Å². The molecule has 0 saturated carbocycles. The molecule has 0 spiro atoms. The van der Waals surface area contributed by atoms with E-state index in [0.717, 1.165) is 0 Å². The summed E-state index contributed by atoms with van der Waals surface area (Å²) >= 11 is 0. The third-order valence-electron chi connectivity index (χ3n) is 1.31. The highest BCUT2D eigenvalue weighted by Gasteiger charge is 2.18. The van der Waals surface area contributed by atoms with E-state index in [0.29, 0.717) is 0 Å². The van der Waals surface area contributed by atoms with Crippen molar-refractivity contribution in [2.75, 3.05) is 7.11 Å². The molecule has 0 aliphatic carbocycles. The predicted octanol–water partition coefficient (Wildman–Crippen LogP) is 1.93. The first kappa shape index (κ1) is 15.4. The Morgan fingerprint density at radius 2 is 1.50 bits per heavy atom. The Morgan fingerprint density at radius 3 is 1.50 bits per heavy atom. The zero-order valence-corrected chi connectivity index (χ0v) is 9.75. The van der Waals surface area contributed by atoms with Crippen molar-refractivity contribution in [3.8, 4) is 0 Å². The van der Waals surface area contributed by atoms with Crippen LogP contribution in [0.4, 0.5) is 0 Å².